The van der Waals surface area contributed by atoms with Crippen LogP contribution in [0.1, 0.15) is 24.2 Å². The Balaban J connectivity index is 1.60. The molecule has 22 heavy (non-hydrogen) atoms. The predicted octanol–water partition coefficient (Wildman–Crippen LogP) is 3.28. The molecule has 0 atom stereocenters. The van der Waals surface area contributed by atoms with Crippen LogP contribution >= 0.6 is 0 Å². The average Bonchev–Trinajstić information content (AvgIpc) is 2.47. The number of benzene rings is 1. The molecule has 0 N–H and O–H groups in total. The van der Waals surface area contributed by atoms with Gasteiger partial charge < -0.3 is 9.64 Å². The van der Waals surface area contributed by atoms with Gasteiger partial charge in [-0.25, -0.2) is 14.4 Å². The molecular formula is C17H20FN3O. The molecule has 1 aromatic heterocycles. The van der Waals surface area contributed by atoms with Crippen molar-refractivity contribution >= 4 is 5.95 Å². The Morgan fingerprint density at radius 3 is 2.41 bits per heavy atom. The highest BCUT2D eigenvalue weighted by Gasteiger charge is 2.22. The average molecular weight is 301 g/mol. The number of piperidine rings is 1. The van der Waals surface area contributed by atoms with E-state index in [1.54, 1.807) is 12.1 Å². The van der Waals surface area contributed by atoms with Gasteiger partial charge in [0.05, 0.1) is 0 Å². The molecule has 0 unspecified atom stereocenters. The molecule has 0 spiro atoms. The molecule has 1 fully saturated rings. The van der Waals surface area contributed by atoms with Crippen LogP contribution in [0.4, 0.5) is 10.3 Å². The maximum atomic E-state index is 13.2. The zero-order valence-corrected chi connectivity index (χ0v) is 12.9. The number of hydrogen-bond donors (Lipinski definition) is 0. The minimum Gasteiger partial charge on any atom is -0.490 e. The second-order valence-electron chi connectivity index (χ2n) is 5.71. The lowest BCUT2D eigenvalue weighted by molar-refractivity contribution is 0.170. The molecule has 2 heterocycles. The van der Waals surface area contributed by atoms with Crippen LogP contribution in [-0.4, -0.2) is 29.2 Å². The van der Waals surface area contributed by atoms with Crippen molar-refractivity contribution in [2.45, 2.75) is 32.8 Å². The molecule has 0 aliphatic carbocycles. The summed E-state index contributed by atoms with van der Waals surface area (Å²) in [7, 11) is 0. The van der Waals surface area contributed by atoms with Crippen molar-refractivity contribution in [2.24, 2.45) is 0 Å². The van der Waals surface area contributed by atoms with Crippen LogP contribution < -0.4 is 9.64 Å². The largest absolute Gasteiger partial charge is 0.490 e. The number of hydrogen-bond acceptors (Lipinski definition) is 4. The molecule has 0 radical (unpaired) electrons. The third kappa shape index (κ3) is 3.53. The van der Waals surface area contributed by atoms with Crippen LogP contribution in [0, 0.1) is 19.7 Å². The fourth-order valence-corrected chi connectivity index (χ4v) is 2.76. The number of anilines is 1. The Hall–Kier alpha value is -2.17. The molecule has 1 aromatic carbocycles. The molecule has 1 aliphatic rings. The van der Waals surface area contributed by atoms with Gasteiger partial charge in [-0.1, -0.05) is 6.07 Å². The number of rotatable bonds is 3. The van der Waals surface area contributed by atoms with Gasteiger partial charge in [0.25, 0.3) is 0 Å². The highest BCUT2D eigenvalue weighted by molar-refractivity contribution is 5.33. The van der Waals surface area contributed by atoms with E-state index in [2.05, 4.69) is 14.9 Å². The van der Waals surface area contributed by atoms with Crippen LogP contribution in [-0.2, 0) is 0 Å². The van der Waals surface area contributed by atoms with Crippen molar-refractivity contribution in [1.82, 2.24) is 9.97 Å². The van der Waals surface area contributed by atoms with E-state index in [-0.39, 0.29) is 11.9 Å². The summed E-state index contributed by atoms with van der Waals surface area (Å²) < 4.78 is 19.0. The van der Waals surface area contributed by atoms with Crippen molar-refractivity contribution < 1.29 is 9.13 Å². The van der Waals surface area contributed by atoms with Gasteiger partial charge >= 0.3 is 0 Å². The standard InChI is InChI=1S/C17H20FN3O/c1-12-10-13(2)20-17(19-12)21-8-6-15(7-9-21)22-16-5-3-4-14(18)11-16/h3-5,10-11,15H,6-9H2,1-2H3. The van der Waals surface area contributed by atoms with E-state index in [1.165, 1.54) is 12.1 Å². The smallest absolute Gasteiger partial charge is 0.225 e. The summed E-state index contributed by atoms with van der Waals surface area (Å²) in [6.07, 6.45) is 1.88. The molecule has 0 bridgehead atoms. The molecule has 116 valence electrons. The van der Waals surface area contributed by atoms with Crippen molar-refractivity contribution in [3.63, 3.8) is 0 Å². The number of aromatic nitrogens is 2. The number of halogens is 1. The van der Waals surface area contributed by atoms with Crippen molar-refractivity contribution in [1.29, 1.82) is 0 Å². The molecule has 2 aromatic rings. The summed E-state index contributed by atoms with van der Waals surface area (Å²) in [6, 6.07) is 8.29. The summed E-state index contributed by atoms with van der Waals surface area (Å²) in [5, 5.41) is 0. The first-order valence-corrected chi connectivity index (χ1v) is 7.59. The minimum atomic E-state index is -0.265. The van der Waals surface area contributed by atoms with Gasteiger partial charge in [-0.05, 0) is 32.0 Å². The van der Waals surface area contributed by atoms with Crippen LogP contribution in [0.5, 0.6) is 5.75 Å². The Morgan fingerprint density at radius 1 is 1.09 bits per heavy atom. The van der Waals surface area contributed by atoms with Crippen molar-refractivity contribution in [3.05, 3.63) is 47.5 Å². The van der Waals surface area contributed by atoms with Gasteiger partial charge in [-0.3, -0.25) is 0 Å². The maximum Gasteiger partial charge on any atom is 0.225 e. The Bertz CT molecular complexity index is 634. The third-order valence-corrected chi connectivity index (χ3v) is 3.79. The third-order valence-electron chi connectivity index (χ3n) is 3.79. The van der Waals surface area contributed by atoms with Gasteiger partial charge in [0.2, 0.25) is 5.95 Å². The van der Waals surface area contributed by atoms with Crippen LogP contribution in [0.15, 0.2) is 30.3 Å². The topological polar surface area (TPSA) is 38.2 Å². The first kappa shape index (κ1) is 14.8. The lowest BCUT2D eigenvalue weighted by atomic mass is 10.1. The quantitative estimate of drug-likeness (QED) is 0.872. The van der Waals surface area contributed by atoms with E-state index < -0.39 is 0 Å². The molecule has 5 heteroatoms. The van der Waals surface area contributed by atoms with Gasteiger partial charge in [0, 0.05) is 43.4 Å². The molecule has 1 saturated heterocycles. The number of ether oxygens (including phenoxy) is 1. The fraction of sp³-hybridized carbons (Fsp3) is 0.412. The van der Waals surface area contributed by atoms with E-state index in [1.807, 2.05) is 19.9 Å². The van der Waals surface area contributed by atoms with Crippen molar-refractivity contribution in [2.75, 3.05) is 18.0 Å². The fourth-order valence-electron chi connectivity index (χ4n) is 2.76. The number of aryl methyl sites for hydroxylation is 2. The molecule has 4 nitrogen and oxygen atoms in total. The van der Waals surface area contributed by atoms with E-state index in [0.717, 1.165) is 43.3 Å². The van der Waals surface area contributed by atoms with Crippen LogP contribution in [0.3, 0.4) is 0 Å². The normalized spacial score (nSPS) is 15.9. The van der Waals surface area contributed by atoms with E-state index in [9.17, 15) is 4.39 Å². The number of nitrogens with zero attached hydrogens (tertiary/aromatic N) is 3. The molecular weight excluding hydrogens is 281 g/mol. The molecule has 3 rings (SSSR count). The lowest BCUT2D eigenvalue weighted by Gasteiger charge is -2.32. The monoisotopic (exact) mass is 301 g/mol. The van der Waals surface area contributed by atoms with E-state index in [4.69, 9.17) is 4.74 Å². The summed E-state index contributed by atoms with van der Waals surface area (Å²) in [5.74, 6) is 1.13. The summed E-state index contributed by atoms with van der Waals surface area (Å²) in [4.78, 5) is 11.2. The lowest BCUT2D eigenvalue weighted by Crippen LogP contribution is -2.39. The zero-order valence-electron chi connectivity index (χ0n) is 12.9. The summed E-state index contributed by atoms with van der Waals surface area (Å²) in [6.45, 7) is 5.67. The van der Waals surface area contributed by atoms with Crippen molar-refractivity contribution in [3.8, 4) is 5.75 Å². The minimum absolute atomic E-state index is 0.115. The van der Waals surface area contributed by atoms with E-state index in [0.29, 0.717) is 5.75 Å². The second kappa shape index (κ2) is 6.30. The second-order valence-corrected chi connectivity index (χ2v) is 5.71. The Labute approximate surface area is 130 Å². The van der Waals surface area contributed by atoms with Crippen LogP contribution in [0.2, 0.25) is 0 Å². The van der Waals surface area contributed by atoms with Gasteiger partial charge in [-0.15, -0.1) is 0 Å². The Kier molecular flexibility index (Phi) is 4.22. The Morgan fingerprint density at radius 2 is 1.77 bits per heavy atom. The predicted molar refractivity (Wildman–Crippen MR) is 83.8 cm³/mol. The molecule has 1 aliphatic heterocycles. The highest BCUT2D eigenvalue weighted by Crippen LogP contribution is 2.22. The first-order valence-electron chi connectivity index (χ1n) is 7.59. The summed E-state index contributed by atoms with van der Waals surface area (Å²) in [5.41, 5.74) is 1.97. The maximum absolute atomic E-state index is 13.2. The SMILES string of the molecule is Cc1cc(C)nc(N2CCC(Oc3cccc(F)c3)CC2)n1. The molecule has 0 amide bonds. The van der Waals surface area contributed by atoms with Gasteiger partial charge in [-0.2, -0.15) is 0 Å². The first-order chi connectivity index (χ1) is 10.6. The van der Waals surface area contributed by atoms with Gasteiger partial charge in [0.1, 0.15) is 17.7 Å². The zero-order chi connectivity index (χ0) is 15.5. The molecule has 0 saturated carbocycles. The van der Waals surface area contributed by atoms with Gasteiger partial charge in [0.15, 0.2) is 0 Å². The summed E-state index contributed by atoms with van der Waals surface area (Å²) >= 11 is 0. The van der Waals surface area contributed by atoms with Crippen LogP contribution in [0.25, 0.3) is 0 Å². The highest BCUT2D eigenvalue weighted by atomic mass is 19.1. The van der Waals surface area contributed by atoms with E-state index >= 15 is 0 Å².